The number of ether oxygens (including phenoxy) is 2. The lowest BCUT2D eigenvalue weighted by atomic mass is 9.98. The lowest BCUT2D eigenvalue weighted by Crippen LogP contribution is -2.12. The lowest BCUT2D eigenvalue weighted by molar-refractivity contribution is 0.207. The number of aromatic amines is 1. The molecule has 4 rings (SSSR count). The van der Waals surface area contributed by atoms with Crippen LogP contribution in [0.15, 0.2) is 48.5 Å². The second-order valence-corrected chi connectivity index (χ2v) is 7.66. The minimum absolute atomic E-state index is 0.0123. The normalized spacial score (nSPS) is 11.3. The Kier molecular flexibility index (Phi) is 5.92. The van der Waals surface area contributed by atoms with Gasteiger partial charge < -0.3 is 9.47 Å². The van der Waals surface area contributed by atoms with Crippen molar-refractivity contribution in [1.29, 1.82) is 0 Å². The maximum atomic E-state index is 5.82. The summed E-state index contributed by atoms with van der Waals surface area (Å²) in [5.74, 6) is 0.635. The fourth-order valence-electron chi connectivity index (χ4n) is 3.15. The first kappa shape index (κ1) is 20.5. The number of H-pyrrole nitrogens is 1. The van der Waals surface area contributed by atoms with Gasteiger partial charge in [-0.05, 0) is 54.8 Å². The molecule has 0 fully saturated rings. The van der Waals surface area contributed by atoms with Gasteiger partial charge in [0.05, 0.1) is 18.8 Å². The zero-order valence-corrected chi connectivity index (χ0v) is 18.0. The average Bonchev–Trinajstić information content (AvgIpc) is 3.38. The Hall–Kier alpha value is -3.75. The molecule has 0 amide bonds. The molecule has 0 atom stereocenters. The van der Waals surface area contributed by atoms with Gasteiger partial charge in [-0.3, -0.25) is 0 Å². The molecule has 0 aliphatic heterocycles. The molecule has 9 nitrogen and oxygen atoms in total. The van der Waals surface area contributed by atoms with E-state index in [-0.39, 0.29) is 12.2 Å². The molecule has 0 radical (unpaired) electrons. The Morgan fingerprint density at radius 1 is 0.903 bits per heavy atom. The predicted molar refractivity (Wildman–Crippen MR) is 116 cm³/mol. The molecule has 9 heteroatoms. The molecule has 0 saturated heterocycles. The molecule has 0 aliphatic carbocycles. The van der Waals surface area contributed by atoms with Crippen molar-refractivity contribution in [2.75, 3.05) is 0 Å². The number of benzene rings is 2. The number of hydrogen-bond acceptors (Lipinski definition) is 7. The Morgan fingerprint density at radius 2 is 1.61 bits per heavy atom. The van der Waals surface area contributed by atoms with E-state index < -0.39 is 0 Å². The van der Waals surface area contributed by atoms with Crippen LogP contribution in [0.1, 0.15) is 33.3 Å². The smallest absolute Gasteiger partial charge is 0.339 e. The summed E-state index contributed by atoms with van der Waals surface area (Å²) in [5, 5.41) is 18.7. The highest BCUT2D eigenvalue weighted by molar-refractivity contribution is 5.80. The molecule has 0 unspecified atom stereocenters. The van der Waals surface area contributed by atoms with Crippen molar-refractivity contribution in [2.24, 2.45) is 0 Å². The zero-order chi connectivity index (χ0) is 21.8. The molecule has 0 spiro atoms. The van der Waals surface area contributed by atoms with Crippen LogP contribution in [0.25, 0.3) is 22.5 Å². The summed E-state index contributed by atoms with van der Waals surface area (Å²) in [6, 6.07) is 17.0. The van der Waals surface area contributed by atoms with Crippen LogP contribution in [-0.2, 0) is 6.54 Å². The Bertz CT molecular complexity index is 1120. The van der Waals surface area contributed by atoms with Gasteiger partial charge in [0.15, 0.2) is 5.82 Å². The highest BCUT2D eigenvalue weighted by Gasteiger charge is 2.16. The topological polar surface area (TPSA) is 104 Å². The molecule has 2 heterocycles. The van der Waals surface area contributed by atoms with Gasteiger partial charge in [0.2, 0.25) is 0 Å². The minimum Gasteiger partial charge on any atom is -0.461 e. The maximum Gasteiger partial charge on any atom is 0.339 e. The van der Waals surface area contributed by atoms with Crippen molar-refractivity contribution in [3.8, 4) is 34.5 Å². The van der Waals surface area contributed by atoms with E-state index in [1.165, 1.54) is 0 Å². The summed E-state index contributed by atoms with van der Waals surface area (Å²) >= 11 is 0. The van der Waals surface area contributed by atoms with E-state index in [0.717, 1.165) is 22.3 Å². The minimum atomic E-state index is -0.0145. The molecule has 1 N–H and O–H groups in total. The van der Waals surface area contributed by atoms with Crippen LogP contribution in [0, 0.1) is 0 Å². The fourth-order valence-corrected chi connectivity index (χ4v) is 3.15. The third kappa shape index (κ3) is 4.88. The summed E-state index contributed by atoms with van der Waals surface area (Å²) in [4.78, 5) is 4.38. The molecular weight excluding hydrogens is 394 g/mol. The van der Waals surface area contributed by atoms with E-state index in [2.05, 4.69) is 55.0 Å². The number of nitrogens with zero attached hydrogens (tertiary/aromatic N) is 6. The fraction of sp³-hybridized carbons (Fsp3) is 0.318. The van der Waals surface area contributed by atoms with Crippen molar-refractivity contribution in [3.05, 3.63) is 54.1 Å². The van der Waals surface area contributed by atoms with E-state index in [4.69, 9.17) is 9.47 Å². The first-order valence-electron chi connectivity index (χ1n) is 10.2. The van der Waals surface area contributed by atoms with Gasteiger partial charge in [0.1, 0.15) is 0 Å². The van der Waals surface area contributed by atoms with Gasteiger partial charge in [0.25, 0.3) is 0 Å². The molecule has 0 aliphatic rings. The third-order valence-electron chi connectivity index (χ3n) is 4.43. The summed E-state index contributed by atoms with van der Waals surface area (Å²) in [6.45, 7) is 8.31. The quantitative estimate of drug-likeness (QED) is 0.464. The van der Waals surface area contributed by atoms with Gasteiger partial charge in [-0.1, -0.05) is 48.5 Å². The highest BCUT2D eigenvalue weighted by Crippen LogP contribution is 2.30. The Morgan fingerprint density at radius 3 is 2.26 bits per heavy atom. The van der Waals surface area contributed by atoms with E-state index in [1.54, 1.807) is 4.68 Å². The maximum absolute atomic E-state index is 5.82. The van der Waals surface area contributed by atoms with Gasteiger partial charge >= 0.3 is 12.0 Å². The van der Waals surface area contributed by atoms with Gasteiger partial charge in [0, 0.05) is 5.56 Å². The van der Waals surface area contributed by atoms with Crippen LogP contribution in [0.5, 0.6) is 12.0 Å². The van der Waals surface area contributed by atoms with Crippen LogP contribution < -0.4 is 9.47 Å². The van der Waals surface area contributed by atoms with Crippen molar-refractivity contribution < 1.29 is 9.47 Å². The number of aromatic nitrogens is 7. The first-order chi connectivity index (χ1) is 15.0. The number of tetrazole rings is 1. The zero-order valence-electron chi connectivity index (χ0n) is 18.0. The Balaban J connectivity index is 1.58. The lowest BCUT2D eigenvalue weighted by Gasteiger charge is -2.11. The van der Waals surface area contributed by atoms with E-state index in [0.29, 0.717) is 24.4 Å². The predicted octanol–water partition coefficient (Wildman–Crippen LogP) is 3.75. The standard InChI is InChI=1S/C22H25N7O2/c1-14(2)30-21-23-22(31-15(3)4)29(26-21)13-16-9-11-17(12-10-16)18-7-5-6-8-19(18)20-24-27-28-25-20/h5-12,14-15H,13H2,1-4H3,(H,24,25,27,28). The SMILES string of the molecule is CC(C)Oc1nc(OC(C)C)n(Cc2ccc(-c3ccccc3-c3nnn[nH]3)cc2)n1. The van der Waals surface area contributed by atoms with Gasteiger partial charge in [-0.2, -0.15) is 0 Å². The second-order valence-electron chi connectivity index (χ2n) is 7.66. The van der Waals surface area contributed by atoms with Crippen LogP contribution in [0.2, 0.25) is 0 Å². The van der Waals surface area contributed by atoms with E-state index in [9.17, 15) is 0 Å². The summed E-state index contributed by atoms with van der Waals surface area (Å²) in [6.07, 6.45) is -0.0269. The third-order valence-corrected chi connectivity index (χ3v) is 4.43. The molecule has 0 bridgehead atoms. The van der Waals surface area contributed by atoms with E-state index in [1.807, 2.05) is 52.0 Å². The summed E-state index contributed by atoms with van der Waals surface area (Å²) < 4.78 is 13.2. The van der Waals surface area contributed by atoms with Crippen molar-refractivity contribution in [3.63, 3.8) is 0 Å². The molecule has 2 aromatic heterocycles. The van der Waals surface area contributed by atoms with Crippen LogP contribution >= 0.6 is 0 Å². The Labute approximate surface area is 180 Å². The largest absolute Gasteiger partial charge is 0.461 e. The monoisotopic (exact) mass is 419 g/mol. The average molecular weight is 419 g/mol. The second kappa shape index (κ2) is 8.95. The number of rotatable bonds is 8. The molecule has 160 valence electrons. The molecule has 31 heavy (non-hydrogen) atoms. The summed E-state index contributed by atoms with van der Waals surface area (Å²) in [7, 11) is 0. The van der Waals surface area contributed by atoms with Crippen LogP contribution in [-0.4, -0.2) is 47.6 Å². The van der Waals surface area contributed by atoms with Gasteiger partial charge in [-0.25, -0.2) is 9.78 Å². The molecular formula is C22H25N7O2. The molecule has 0 saturated carbocycles. The number of nitrogens with one attached hydrogen (secondary N) is 1. The van der Waals surface area contributed by atoms with Crippen molar-refractivity contribution in [2.45, 2.75) is 46.4 Å². The van der Waals surface area contributed by atoms with E-state index >= 15 is 0 Å². The van der Waals surface area contributed by atoms with Crippen LogP contribution in [0.4, 0.5) is 0 Å². The van der Waals surface area contributed by atoms with Crippen molar-refractivity contribution >= 4 is 0 Å². The van der Waals surface area contributed by atoms with Crippen LogP contribution in [0.3, 0.4) is 0 Å². The first-order valence-corrected chi connectivity index (χ1v) is 10.2. The highest BCUT2D eigenvalue weighted by atomic mass is 16.5. The molecule has 4 aromatic rings. The molecule has 2 aromatic carbocycles. The van der Waals surface area contributed by atoms with Crippen molar-refractivity contribution in [1.82, 2.24) is 35.4 Å². The van der Waals surface area contributed by atoms with Gasteiger partial charge in [-0.15, -0.1) is 15.2 Å². The summed E-state index contributed by atoms with van der Waals surface area (Å²) in [5.41, 5.74) is 4.12. The number of hydrogen-bond donors (Lipinski definition) is 1.